The number of nitrogens with one attached hydrogen (secondary N) is 1. The molecule has 2 fully saturated rings. The van der Waals surface area contributed by atoms with Crippen molar-refractivity contribution in [1.29, 1.82) is 0 Å². The third-order valence-electron chi connectivity index (χ3n) is 5.55. The van der Waals surface area contributed by atoms with Crippen LogP contribution in [0.2, 0.25) is 0 Å². The van der Waals surface area contributed by atoms with Gasteiger partial charge in [-0.05, 0) is 62.4 Å². The van der Waals surface area contributed by atoms with E-state index in [9.17, 15) is 0 Å². The fraction of sp³-hybridized carbons (Fsp3) is 1.00. The normalized spacial score (nSPS) is 37.7. The summed E-state index contributed by atoms with van der Waals surface area (Å²) in [5.74, 6) is 4.00. The van der Waals surface area contributed by atoms with Gasteiger partial charge in [0.25, 0.3) is 0 Å². The number of hydrogen-bond donors (Lipinski definition) is 1. The van der Waals surface area contributed by atoms with Crippen LogP contribution >= 0.6 is 0 Å². The molecule has 0 atom stereocenters. The van der Waals surface area contributed by atoms with E-state index >= 15 is 0 Å². The fourth-order valence-corrected chi connectivity index (χ4v) is 3.87. The van der Waals surface area contributed by atoms with Crippen molar-refractivity contribution in [2.24, 2.45) is 23.7 Å². The molecule has 0 amide bonds. The standard InChI is InChI=1S/C17H33N/c1-3-15-8-10-17(11-9-15)13-18-12-16-6-4-14(2)5-7-16/h14-18H,3-13H2,1-2H3. The Kier molecular flexibility index (Phi) is 6.01. The summed E-state index contributed by atoms with van der Waals surface area (Å²) < 4.78 is 0. The highest BCUT2D eigenvalue weighted by Gasteiger charge is 2.21. The Morgan fingerprint density at radius 1 is 0.722 bits per heavy atom. The second-order valence-corrected chi connectivity index (χ2v) is 7.08. The lowest BCUT2D eigenvalue weighted by Crippen LogP contribution is -2.31. The monoisotopic (exact) mass is 251 g/mol. The van der Waals surface area contributed by atoms with Crippen LogP contribution in [0.5, 0.6) is 0 Å². The molecule has 0 aromatic heterocycles. The second-order valence-electron chi connectivity index (χ2n) is 7.08. The summed E-state index contributed by atoms with van der Waals surface area (Å²) in [5, 5.41) is 3.77. The lowest BCUT2D eigenvalue weighted by atomic mass is 9.80. The lowest BCUT2D eigenvalue weighted by Gasteiger charge is -2.30. The molecule has 2 rings (SSSR count). The Labute approximate surface area is 114 Å². The molecule has 0 spiro atoms. The maximum atomic E-state index is 3.77. The molecule has 106 valence electrons. The van der Waals surface area contributed by atoms with Crippen molar-refractivity contribution in [3.05, 3.63) is 0 Å². The Balaban J connectivity index is 1.53. The smallest absolute Gasteiger partial charge is 0.00204 e. The van der Waals surface area contributed by atoms with Crippen molar-refractivity contribution in [2.45, 2.75) is 71.6 Å². The largest absolute Gasteiger partial charge is 0.316 e. The molecule has 2 aliphatic rings. The van der Waals surface area contributed by atoms with Gasteiger partial charge in [0, 0.05) is 0 Å². The molecule has 0 unspecified atom stereocenters. The highest BCUT2D eigenvalue weighted by atomic mass is 14.9. The molecule has 18 heavy (non-hydrogen) atoms. The molecule has 2 saturated carbocycles. The summed E-state index contributed by atoms with van der Waals surface area (Å²) in [7, 11) is 0. The SMILES string of the molecule is CCC1CCC(CNCC2CCC(C)CC2)CC1. The van der Waals surface area contributed by atoms with Crippen LogP contribution in [0.15, 0.2) is 0 Å². The van der Waals surface area contributed by atoms with Crippen molar-refractivity contribution >= 4 is 0 Å². The van der Waals surface area contributed by atoms with E-state index in [1.54, 1.807) is 0 Å². The third kappa shape index (κ3) is 4.57. The van der Waals surface area contributed by atoms with Crippen molar-refractivity contribution in [3.8, 4) is 0 Å². The topological polar surface area (TPSA) is 12.0 Å². The van der Waals surface area contributed by atoms with E-state index in [0.717, 1.165) is 23.7 Å². The average Bonchev–Trinajstić information content (AvgIpc) is 2.42. The van der Waals surface area contributed by atoms with E-state index in [2.05, 4.69) is 19.2 Å². The molecule has 1 nitrogen and oxygen atoms in total. The van der Waals surface area contributed by atoms with Gasteiger partial charge in [-0.2, -0.15) is 0 Å². The van der Waals surface area contributed by atoms with E-state index in [-0.39, 0.29) is 0 Å². The van der Waals surface area contributed by atoms with E-state index in [1.807, 2.05) is 0 Å². The molecule has 1 heteroatoms. The molecule has 0 aromatic rings. The summed E-state index contributed by atoms with van der Waals surface area (Å²) in [4.78, 5) is 0. The molecule has 2 aliphatic carbocycles. The van der Waals surface area contributed by atoms with Crippen molar-refractivity contribution < 1.29 is 0 Å². The van der Waals surface area contributed by atoms with Crippen LogP contribution in [0, 0.1) is 23.7 Å². The maximum absolute atomic E-state index is 3.77. The molecular formula is C17H33N. The van der Waals surface area contributed by atoms with Crippen LogP contribution in [-0.2, 0) is 0 Å². The molecule has 0 heterocycles. The van der Waals surface area contributed by atoms with Gasteiger partial charge in [0.2, 0.25) is 0 Å². The molecule has 0 radical (unpaired) electrons. The Morgan fingerprint density at radius 3 is 1.67 bits per heavy atom. The average molecular weight is 251 g/mol. The molecule has 0 aromatic carbocycles. The Morgan fingerprint density at radius 2 is 1.17 bits per heavy atom. The summed E-state index contributed by atoms with van der Waals surface area (Å²) in [6, 6.07) is 0. The minimum Gasteiger partial charge on any atom is -0.316 e. The van der Waals surface area contributed by atoms with Crippen LogP contribution in [0.25, 0.3) is 0 Å². The van der Waals surface area contributed by atoms with Crippen molar-refractivity contribution in [3.63, 3.8) is 0 Å². The van der Waals surface area contributed by atoms with E-state index in [4.69, 9.17) is 0 Å². The Bertz CT molecular complexity index is 210. The van der Waals surface area contributed by atoms with Crippen LogP contribution < -0.4 is 5.32 Å². The van der Waals surface area contributed by atoms with Gasteiger partial charge < -0.3 is 5.32 Å². The van der Waals surface area contributed by atoms with Crippen LogP contribution in [0.4, 0.5) is 0 Å². The van der Waals surface area contributed by atoms with E-state index in [0.29, 0.717) is 0 Å². The zero-order chi connectivity index (χ0) is 12.8. The number of rotatable bonds is 5. The van der Waals surface area contributed by atoms with Gasteiger partial charge in [-0.15, -0.1) is 0 Å². The van der Waals surface area contributed by atoms with Gasteiger partial charge >= 0.3 is 0 Å². The molecular weight excluding hydrogens is 218 g/mol. The van der Waals surface area contributed by atoms with E-state index < -0.39 is 0 Å². The molecule has 0 bridgehead atoms. The first-order chi connectivity index (χ1) is 8.78. The van der Waals surface area contributed by atoms with Crippen LogP contribution in [0.3, 0.4) is 0 Å². The minimum absolute atomic E-state index is 0.980. The first-order valence-electron chi connectivity index (χ1n) is 8.48. The van der Waals surface area contributed by atoms with Gasteiger partial charge in [0.15, 0.2) is 0 Å². The molecule has 0 saturated heterocycles. The van der Waals surface area contributed by atoms with Crippen molar-refractivity contribution in [2.75, 3.05) is 13.1 Å². The zero-order valence-corrected chi connectivity index (χ0v) is 12.6. The lowest BCUT2D eigenvalue weighted by molar-refractivity contribution is 0.245. The van der Waals surface area contributed by atoms with Crippen molar-refractivity contribution in [1.82, 2.24) is 5.32 Å². The zero-order valence-electron chi connectivity index (χ0n) is 12.6. The quantitative estimate of drug-likeness (QED) is 0.752. The molecule has 1 N–H and O–H groups in total. The van der Waals surface area contributed by atoms with E-state index in [1.165, 1.54) is 70.9 Å². The summed E-state index contributed by atoms with van der Waals surface area (Å²) in [6.07, 6.45) is 13.2. The van der Waals surface area contributed by atoms with Gasteiger partial charge in [0.1, 0.15) is 0 Å². The minimum atomic E-state index is 0.980. The maximum Gasteiger partial charge on any atom is -0.00204 e. The first kappa shape index (κ1) is 14.4. The summed E-state index contributed by atoms with van der Waals surface area (Å²) >= 11 is 0. The molecule has 0 aliphatic heterocycles. The Hall–Kier alpha value is -0.0400. The van der Waals surface area contributed by atoms with Crippen LogP contribution in [0.1, 0.15) is 71.6 Å². The highest BCUT2D eigenvalue weighted by molar-refractivity contribution is 4.75. The predicted molar refractivity (Wildman–Crippen MR) is 79.7 cm³/mol. The fourth-order valence-electron chi connectivity index (χ4n) is 3.87. The third-order valence-corrected chi connectivity index (χ3v) is 5.55. The highest BCUT2D eigenvalue weighted by Crippen LogP contribution is 2.30. The van der Waals surface area contributed by atoms with Gasteiger partial charge in [-0.1, -0.05) is 46.0 Å². The number of hydrogen-bond acceptors (Lipinski definition) is 1. The second kappa shape index (κ2) is 7.53. The van der Waals surface area contributed by atoms with Gasteiger partial charge in [0.05, 0.1) is 0 Å². The van der Waals surface area contributed by atoms with Crippen LogP contribution in [-0.4, -0.2) is 13.1 Å². The van der Waals surface area contributed by atoms with Gasteiger partial charge in [-0.3, -0.25) is 0 Å². The predicted octanol–water partition coefficient (Wildman–Crippen LogP) is 4.62. The first-order valence-corrected chi connectivity index (χ1v) is 8.48. The van der Waals surface area contributed by atoms with Gasteiger partial charge in [-0.25, -0.2) is 0 Å². The summed E-state index contributed by atoms with van der Waals surface area (Å²) in [6.45, 7) is 7.35. The summed E-state index contributed by atoms with van der Waals surface area (Å²) in [5.41, 5.74) is 0.